The monoisotopic (exact) mass is 309 g/mol. The highest BCUT2D eigenvalue weighted by Crippen LogP contribution is 2.68. The van der Waals surface area contributed by atoms with Crippen molar-refractivity contribution in [1.29, 1.82) is 0 Å². The second-order valence-corrected chi connectivity index (χ2v) is 7.26. The van der Waals surface area contributed by atoms with Crippen molar-refractivity contribution < 1.29 is 9.21 Å². The second kappa shape index (κ2) is 4.57. The summed E-state index contributed by atoms with van der Waals surface area (Å²) in [5, 5.41) is 4.12. The molecular formula is C19H19NO3. The first-order valence-corrected chi connectivity index (χ1v) is 7.90. The van der Waals surface area contributed by atoms with E-state index < -0.39 is 0 Å². The SMILES string of the molecule is C=C(Nc1ccc2oc(=O)ccc2c1)[C@H]1C(=O)C[C@H]2[C@@H]1C2(C)C. The minimum atomic E-state index is -0.360. The number of ketones is 1. The molecular weight excluding hydrogens is 290 g/mol. The first-order chi connectivity index (χ1) is 10.9. The lowest BCUT2D eigenvalue weighted by Gasteiger charge is -2.20. The topological polar surface area (TPSA) is 59.3 Å². The molecule has 118 valence electrons. The third-order valence-electron chi connectivity index (χ3n) is 5.57. The highest BCUT2D eigenvalue weighted by atomic mass is 16.4. The number of fused-ring (bicyclic) bond motifs is 2. The molecule has 0 spiro atoms. The lowest BCUT2D eigenvalue weighted by Crippen LogP contribution is -2.22. The smallest absolute Gasteiger partial charge is 0.336 e. The van der Waals surface area contributed by atoms with E-state index in [0.29, 0.717) is 29.6 Å². The van der Waals surface area contributed by atoms with Crippen LogP contribution in [0.4, 0.5) is 5.69 Å². The Morgan fingerprint density at radius 2 is 2.04 bits per heavy atom. The third kappa shape index (κ3) is 2.12. The van der Waals surface area contributed by atoms with Crippen LogP contribution >= 0.6 is 0 Å². The quantitative estimate of drug-likeness (QED) is 0.880. The summed E-state index contributed by atoms with van der Waals surface area (Å²) in [4.78, 5) is 23.5. The lowest BCUT2D eigenvalue weighted by atomic mass is 9.89. The number of nitrogens with one attached hydrogen (secondary N) is 1. The van der Waals surface area contributed by atoms with Gasteiger partial charge in [-0.25, -0.2) is 4.79 Å². The number of Topliss-reactive ketones (excluding diaryl/α,β-unsaturated/α-hetero) is 1. The van der Waals surface area contributed by atoms with E-state index in [1.54, 1.807) is 12.1 Å². The molecule has 1 heterocycles. The molecule has 1 aromatic heterocycles. The molecule has 2 saturated carbocycles. The van der Waals surface area contributed by atoms with Gasteiger partial charge in [0.2, 0.25) is 0 Å². The maximum atomic E-state index is 12.2. The Kier molecular flexibility index (Phi) is 2.83. The summed E-state index contributed by atoms with van der Waals surface area (Å²) in [6, 6.07) is 8.63. The summed E-state index contributed by atoms with van der Waals surface area (Å²) in [7, 11) is 0. The molecule has 2 aliphatic carbocycles. The van der Waals surface area contributed by atoms with E-state index in [0.717, 1.165) is 16.8 Å². The van der Waals surface area contributed by atoms with Gasteiger partial charge in [-0.05, 0) is 41.5 Å². The Morgan fingerprint density at radius 3 is 2.78 bits per heavy atom. The van der Waals surface area contributed by atoms with Crippen LogP contribution in [0.25, 0.3) is 11.0 Å². The number of hydrogen-bond donors (Lipinski definition) is 1. The Morgan fingerprint density at radius 1 is 1.26 bits per heavy atom. The van der Waals surface area contributed by atoms with Crippen LogP contribution in [0.3, 0.4) is 0 Å². The molecule has 4 heteroatoms. The largest absolute Gasteiger partial charge is 0.423 e. The van der Waals surface area contributed by atoms with E-state index in [4.69, 9.17) is 4.42 Å². The standard InChI is InChI=1S/C19H19NO3/c1-10(17-14(21)9-13-18(17)19(13,2)3)20-12-5-6-15-11(8-12)4-7-16(22)23-15/h4-8,13,17-18,20H,1,9H2,2-3H3/t13-,17-,18-/m0/s1. The van der Waals surface area contributed by atoms with Crippen molar-refractivity contribution in [2.45, 2.75) is 20.3 Å². The molecule has 2 fully saturated rings. The number of carbonyl (C=O) groups excluding carboxylic acids is 1. The number of anilines is 1. The normalized spacial score (nSPS) is 27.7. The first-order valence-electron chi connectivity index (χ1n) is 7.90. The average molecular weight is 309 g/mol. The Balaban J connectivity index is 1.58. The fourth-order valence-electron chi connectivity index (χ4n) is 4.21. The molecule has 4 nitrogen and oxygen atoms in total. The summed E-state index contributed by atoms with van der Waals surface area (Å²) < 4.78 is 5.13. The molecule has 1 N–H and O–H groups in total. The van der Waals surface area contributed by atoms with Crippen molar-refractivity contribution in [3.8, 4) is 0 Å². The molecule has 0 radical (unpaired) electrons. The second-order valence-electron chi connectivity index (χ2n) is 7.26. The van der Waals surface area contributed by atoms with Gasteiger partial charge >= 0.3 is 5.63 Å². The molecule has 0 aliphatic heterocycles. The molecule has 0 saturated heterocycles. The number of allylic oxidation sites excluding steroid dienone is 1. The van der Waals surface area contributed by atoms with E-state index >= 15 is 0 Å². The molecule has 0 unspecified atom stereocenters. The predicted molar refractivity (Wildman–Crippen MR) is 89.1 cm³/mol. The van der Waals surface area contributed by atoms with Gasteiger partial charge in [-0.1, -0.05) is 20.4 Å². The van der Waals surface area contributed by atoms with Crippen molar-refractivity contribution in [3.05, 3.63) is 53.0 Å². The Bertz CT molecular complexity index is 893. The molecule has 2 aliphatic rings. The van der Waals surface area contributed by atoms with E-state index in [-0.39, 0.29) is 17.0 Å². The zero-order chi connectivity index (χ0) is 16.4. The van der Waals surface area contributed by atoms with Gasteiger partial charge < -0.3 is 9.73 Å². The van der Waals surface area contributed by atoms with Gasteiger partial charge in [0.15, 0.2) is 0 Å². The van der Waals surface area contributed by atoms with Crippen molar-refractivity contribution in [3.63, 3.8) is 0 Å². The van der Waals surface area contributed by atoms with Gasteiger partial charge in [0.05, 0.1) is 5.92 Å². The molecule has 3 atom stereocenters. The molecule has 23 heavy (non-hydrogen) atoms. The van der Waals surface area contributed by atoms with Crippen LogP contribution in [-0.4, -0.2) is 5.78 Å². The molecule has 0 amide bonds. The molecule has 1 aromatic carbocycles. The summed E-state index contributed by atoms with van der Waals surface area (Å²) in [6.07, 6.45) is 0.673. The Labute approximate surface area is 134 Å². The van der Waals surface area contributed by atoms with Gasteiger partial charge in [0, 0.05) is 29.3 Å². The maximum Gasteiger partial charge on any atom is 0.336 e. The third-order valence-corrected chi connectivity index (χ3v) is 5.57. The minimum absolute atomic E-state index is 0.0978. The van der Waals surface area contributed by atoms with Crippen LogP contribution in [-0.2, 0) is 4.79 Å². The van der Waals surface area contributed by atoms with Crippen LogP contribution < -0.4 is 10.9 Å². The Hall–Kier alpha value is -2.36. The number of carbonyl (C=O) groups is 1. The van der Waals surface area contributed by atoms with Crippen LogP contribution in [0.2, 0.25) is 0 Å². The minimum Gasteiger partial charge on any atom is -0.423 e. The number of rotatable bonds is 3. The van der Waals surface area contributed by atoms with E-state index in [1.807, 2.05) is 12.1 Å². The maximum absolute atomic E-state index is 12.2. The zero-order valence-electron chi connectivity index (χ0n) is 13.3. The number of hydrogen-bond acceptors (Lipinski definition) is 4. The summed E-state index contributed by atoms with van der Waals surface area (Å²) >= 11 is 0. The van der Waals surface area contributed by atoms with Crippen LogP contribution in [0, 0.1) is 23.2 Å². The average Bonchev–Trinajstić information content (AvgIpc) is 2.84. The fraction of sp³-hybridized carbons (Fsp3) is 0.368. The van der Waals surface area contributed by atoms with Gasteiger partial charge in [0.25, 0.3) is 0 Å². The molecule has 2 aromatic rings. The van der Waals surface area contributed by atoms with Crippen LogP contribution in [0.5, 0.6) is 0 Å². The highest BCUT2D eigenvalue weighted by Gasteiger charge is 2.67. The molecule has 0 bridgehead atoms. The van der Waals surface area contributed by atoms with Gasteiger partial charge in [0.1, 0.15) is 11.4 Å². The van der Waals surface area contributed by atoms with E-state index in [2.05, 4.69) is 25.7 Å². The van der Waals surface area contributed by atoms with E-state index in [1.165, 1.54) is 6.07 Å². The highest BCUT2D eigenvalue weighted by molar-refractivity contribution is 5.89. The van der Waals surface area contributed by atoms with Crippen LogP contribution in [0.15, 0.2) is 51.8 Å². The summed E-state index contributed by atoms with van der Waals surface area (Å²) in [6.45, 7) is 8.57. The van der Waals surface area contributed by atoms with Gasteiger partial charge in [-0.2, -0.15) is 0 Å². The van der Waals surface area contributed by atoms with Crippen LogP contribution in [0.1, 0.15) is 20.3 Å². The molecule has 4 rings (SSSR count). The van der Waals surface area contributed by atoms with Crippen molar-refractivity contribution in [2.75, 3.05) is 5.32 Å². The van der Waals surface area contributed by atoms with Crippen molar-refractivity contribution in [1.82, 2.24) is 0 Å². The summed E-state index contributed by atoms with van der Waals surface area (Å²) in [5.41, 5.74) is 2.06. The fourth-order valence-corrected chi connectivity index (χ4v) is 4.21. The van der Waals surface area contributed by atoms with Gasteiger partial charge in [-0.15, -0.1) is 0 Å². The predicted octanol–water partition coefficient (Wildman–Crippen LogP) is 3.58. The number of benzene rings is 1. The van der Waals surface area contributed by atoms with E-state index in [9.17, 15) is 9.59 Å². The zero-order valence-corrected chi connectivity index (χ0v) is 13.3. The summed E-state index contributed by atoms with van der Waals surface area (Å²) in [5.74, 6) is 1.11. The van der Waals surface area contributed by atoms with Gasteiger partial charge in [-0.3, -0.25) is 4.79 Å². The lowest BCUT2D eigenvalue weighted by molar-refractivity contribution is -0.121. The van der Waals surface area contributed by atoms with Crippen molar-refractivity contribution in [2.24, 2.45) is 23.2 Å². The first kappa shape index (κ1) is 14.2. The van der Waals surface area contributed by atoms with Crippen molar-refractivity contribution >= 4 is 22.4 Å².